The predicted molar refractivity (Wildman–Crippen MR) is 56.8 cm³/mol. The van der Waals surface area contributed by atoms with Crippen molar-refractivity contribution in [1.82, 2.24) is 10.1 Å². The summed E-state index contributed by atoms with van der Waals surface area (Å²) < 4.78 is 4.61. The molecule has 0 aliphatic rings. The molecule has 0 saturated heterocycles. The van der Waals surface area contributed by atoms with Gasteiger partial charge in [0.15, 0.2) is 5.82 Å². The Morgan fingerprint density at radius 1 is 1.20 bits per heavy atom. The van der Waals surface area contributed by atoms with Gasteiger partial charge in [-0.2, -0.15) is 4.98 Å². The topological polar surface area (TPSA) is 64.9 Å². The highest BCUT2D eigenvalue weighted by molar-refractivity contribution is 6.34. The zero-order valence-corrected chi connectivity index (χ0v) is 9.03. The van der Waals surface area contributed by atoms with Gasteiger partial charge in [-0.15, -0.1) is 0 Å². The molecule has 2 rings (SSSR count). The Kier molecular flexibility index (Phi) is 2.90. The van der Waals surface area contributed by atoms with E-state index in [1.165, 1.54) is 6.39 Å². The molecule has 0 saturated carbocycles. The van der Waals surface area contributed by atoms with E-state index in [9.17, 15) is 0 Å². The maximum absolute atomic E-state index is 5.90. The molecule has 1 aromatic carbocycles. The Balaban J connectivity index is 2.37. The average molecular weight is 244 g/mol. The quantitative estimate of drug-likeness (QED) is 0.880. The maximum atomic E-state index is 5.90. The summed E-state index contributed by atoms with van der Waals surface area (Å²) in [5.41, 5.74) is 6.64. The summed E-state index contributed by atoms with van der Waals surface area (Å²) in [7, 11) is 0. The van der Waals surface area contributed by atoms with Gasteiger partial charge in [0.25, 0.3) is 0 Å². The molecule has 4 nitrogen and oxygen atoms in total. The van der Waals surface area contributed by atoms with Crippen LogP contribution in [0.4, 0.5) is 0 Å². The van der Waals surface area contributed by atoms with Crippen LogP contribution < -0.4 is 5.73 Å². The first kappa shape index (κ1) is 10.4. The summed E-state index contributed by atoms with van der Waals surface area (Å²) in [5, 5.41) is 4.70. The van der Waals surface area contributed by atoms with Crippen LogP contribution in [0, 0.1) is 0 Å². The highest BCUT2D eigenvalue weighted by Crippen LogP contribution is 2.24. The van der Waals surface area contributed by atoms with E-state index < -0.39 is 6.04 Å². The largest absolute Gasteiger partial charge is 0.343 e. The highest BCUT2D eigenvalue weighted by Gasteiger charge is 2.14. The molecule has 78 valence electrons. The van der Waals surface area contributed by atoms with Crippen molar-refractivity contribution in [3.8, 4) is 0 Å². The Morgan fingerprint density at radius 3 is 2.40 bits per heavy atom. The van der Waals surface area contributed by atoms with Crippen molar-refractivity contribution in [2.24, 2.45) is 5.73 Å². The molecule has 15 heavy (non-hydrogen) atoms. The summed E-state index contributed by atoms with van der Waals surface area (Å²) in [4.78, 5) is 3.86. The number of rotatable bonds is 2. The second-order valence-electron chi connectivity index (χ2n) is 2.97. The van der Waals surface area contributed by atoms with Gasteiger partial charge in [-0.1, -0.05) is 28.4 Å². The van der Waals surface area contributed by atoms with Crippen molar-refractivity contribution in [2.45, 2.75) is 6.04 Å². The van der Waals surface area contributed by atoms with Crippen molar-refractivity contribution in [3.05, 3.63) is 46.0 Å². The summed E-state index contributed by atoms with van der Waals surface area (Å²) in [6.45, 7) is 0. The van der Waals surface area contributed by atoms with Crippen molar-refractivity contribution < 1.29 is 4.52 Å². The van der Waals surface area contributed by atoms with Crippen LogP contribution in [0.1, 0.15) is 17.4 Å². The minimum Gasteiger partial charge on any atom is -0.343 e. The SMILES string of the molecule is NC(c1cc(Cl)cc(Cl)c1)c1ncon1. The average Bonchev–Trinajstić information content (AvgIpc) is 2.67. The molecular weight excluding hydrogens is 237 g/mol. The number of benzene rings is 1. The van der Waals surface area contributed by atoms with E-state index in [4.69, 9.17) is 28.9 Å². The van der Waals surface area contributed by atoms with Crippen LogP contribution in [0.2, 0.25) is 10.0 Å². The molecule has 1 aromatic heterocycles. The van der Waals surface area contributed by atoms with E-state index >= 15 is 0 Å². The number of halogens is 2. The van der Waals surface area contributed by atoms with Crippen molar-refractivity contribution in [2.75, 3.05) is 0 Å². The van der Waals surface area contributed by atoms with E-state index in [0.29, 0.717) is 15.9 Å². The summed E-state index contributed by atoms with van der Waals surface area (Å²) >= 11 is 11.7. The van der Waals surface area contributed by atoms with E-state index in [2.05, 4.69) is 14.7 Å². The monoisotopic (exact) mass is 243 g/mol. The third kappa shape index (κ3) is 2.28. The van der Waals surface area contributed by atoms with Crippen molar-refractivity contribution in [3.63, 3.8) is 0 Å². The third-order valence-electron chi connectivity index (χ3n) is 1.90. The van der Waals surface area contributed by atoms with Crippen molar-refractivity contribution >= 4 is 23.2 Å². The van der Waals surface area contributed by atoms with Crippen molar-refractivity contribution in [1.29, 1.82) is 0 Å². The molecule has 1 unspecified atom stereocenters. The Morgan fingerprint density at radius 2 is 1.87 bits per heavy atom. The number of hydrogen-bond donors (Lipinski definition) is 1. The van der Waals surface area contributed by atoms with Crippen LogP contribution in [-0.2, 0) is 0 Å². The molecule has 0 aliphatic heterocycles. The molecule has 0 fully saturated rings. The number of aromatic nitrogens is 2. The molecule has 2 aromatic rings. The third-order valence-corrected chi connectivity index (χ3v) is 2.34. The van der Waals surface area contributed by atoms with E-state index in [-0.39, 0.29) is 0 Å². The molecule has 0 spiro atoms. The number of nitrogens with zero attached hydrogens (tertiary/aromatic N) is 2. The van der Waals surface area contributed by atoms with Gasteiger partial charge >= 0.3 is 0 Å². The van der Waals surface area contributed by atoms with Gasteiger partial charge in [0, 0.05) is 10.0 Å². The van der Waals surface area contributed by atoms with Gasteiger partial charge in [0.2, 0.25) is 6.39 Å². The summed E-state index contributed by atoms with van der Waals surface area (Å²) in [6, 6.07) is 4.58. The normalized spacial score (nSPS) is 12.7. The molecule has 1 heterocycles. The van der Waals surface area contributed by atoms with Crippen LogP contribution >= 0.6 is 23.2 Å². The van der Waals surface area contributed by atoms with Crippen LogP contribution in [0.15, 0.2) is 29.1 Å². The molecule has 0 aliphatic carbocycles. The summed E-state index contributed by atoms with van der Waals surface area (Å²) in [5.74, 6) is 0.397. The zero-order chi connectivity index (χ0) is 10.8. The van der Waals surface area contributed by atoms with Gasteiger partial charge in [0.05, 0.1) is 6.04 Å². The smallest absolute Gasteiger partial charge is 0.213 e. The first-order valence-corrected chi connectivity index (χ1v) is 4.90. The predicted octanol–water partition coefficient (Wildman–Crippen LogP) is 2.42. The number of nitrogens with two attached hydrogens (primary N) is 1. The Hall–Kier alpha value is -1.10. The van der Waals surface area contributed by atoms with E-state index in [1.807, 2.05) is 0 Å². The van der Waals surface area contributed by atoms with Gasteiger partial charge in [0.1, 0.15) is 0 Å². The molecule has 0 amide bonds. The second-order valence-corrected chi connectivity index (χ2v) is 3.84. The lowest BCUT2D eigenvalue weighted by Gasteiger charge is -2.08. The Labute approximate surface area is 96.0 Å². The van der Waals surface area contributed by atoms with Crippen LogP contribution in [0.25, 0.3) is 0 Å². The van der Waals surface area contributed by atoms with Gasteiger partial charge < -0.3 is 10.3 Å². The van der Waals surface area contributed by atoms with Gasteiger partial charge in [-0.25, -0.2) is 0 Å². The Bertz CT molecular complexity index is 438. The molecule has 2 N–H and O–H groups in total. The van der Waals surface area contributed by atoms with Gasteiger partial charge in [-0.05, 0) is 23.8 Å². The lowest BCUT2D eigenvalue weighted by Crippen LogP contribution is -2.13. The standard InChI is InChI=1S/C9H7Cl2N3O/c10-6-1-5(2-7(11)3-6)8(12)9-13-4-15-14-9/h1-4,8H,12H2. The first-order chi connectivity index (χ1) is 7.16. The van der Waals surface area contributed by atoms with Crippen LogP contribution in [0.5, 0.6) is 0 Å². The van der Waals surface area contributed by atoms with Crippen LogP contribution in [0.3, 0.4) is 0 Å². The highest BCUT2D eigenvalue weighted by atomic mass is 35.5. The fourth-order valence-corrected chi connectivity index (χ4v) is 1.76. The number of hydrogen-bond acceptors (Lipinski definition) is 4. The fourth-order valence-electron chi connectivity index (χ4n) is 1.22. The zero-order valence-electron chi connectivity index (χ0n) is 7.52. The molecular formula is C9H7Cl2N3O. The molecule has 1 atom stereocenters. The minimum atomic E-state index is -0.486. The first-order valence-electron chi connectivity index (χ1n) is 4.14. The van der Waals surface area contributed by atoms with E-state index in [0.717, 1.165) is 5.56 Å². The van der Waals surface area contributed by atoms with Gasteiger partial charge in [-0.3, -0.25) is 0 Å². The minimum absolute atomic E-state index is 0.397. The van der Waals surface area contributed by atoms with Crippen LogP contribution in [-0.4, -0.2) is 10.1 Å². The maximum Gasteiger partial charge on any atom is 0.213 e. The summed E-state index contributed by atoms with van der Waals surface area (Å²) in [6.07, 6.45) is 1.22. The fraction of sp³-hybridized carbons (Fsp3) is 0.111. The lowest BCUT2D eigenvalue weighted by atomic mass is 10.1. The molecule has 0 bridgehead atoms. The molecule has 6 heteroatoms. The van der Waals surface area contributed by atoms with E-state index in [1.54, 1.807) is 18.2 Å². The lowest BCUT2D eigenvalue weighted by molar-refractivity contribution is 0.407. The second kappa shape index (κ2) is 4.18. The molecule has 0 radical (unpaired) electrons.